The van der Waals surface area contributed by atoms with Gasteiger partial charge in [0.25, 0.3) is 0 Å². The molecule has 0 heterocycles. The highest BCUT2D eigenvalue weighted by molar-refractivity contribution is 9.10. The lowest BCUT2D eigenvalue weighted by atomic mass is 10.1. The number of aliphatic hydroxyl groups is 1. The molecule has 0 saturated carbocycles. The zero-order chi connectivity index (χ0) is 9.84. The van der Waals surface area contributed by atoms with Crippen molar-refractivity contribution in [2.24, 2.45) is 5.73 Å². The van der Waals surface area contributed by atoms with Crippen LogP contribution < -0.4 is 10.5 Å². The van der Waals surface area contributed by atoms with E-state index in [2.05, 4.69) is 15.9 Å². The molecule has 0 unspecified atom stereocenters. The van der Waals surface area contributed by atoms with Crippen LogP contribution in [0, 0.1) is 0 Å². The summed E-state index contributed by atoms with van der Waals surface area (Å²) in [5, 5.41) is 8.89. The van der Waals surface area contributed by atoms with E-state index in [0.717, 1.165) is 15.8 Å². The minimum absolute atomic E-state index is 0.0776. The zero-order valence-corrected chi connectivity index (χ0v) is 8.91. The molecule has 0 aliphatic rings. The maximum atomic E-state index is 8.89. The van der Waals surface area contributed by atoms with Crippen molar-refractivity contribution in [1.29, 1.82) is 0 Å². The molecule has 1 aromatic carbocycles. The molecular weight excluding hydrogens is 234 g/mol. The fourth-order valence-corrected chi connectivity index (χ4v) is 1.79. The number of hydrogen-bond donors (Lipinski definition) is 2. The largest absolute Gasteiger partial charge is 0.496 e. The molecule has 4 heteroatoms. The fraction of sp³-hybridized carbons (Fsp3) is 0.333. The van der Waals surface area contributed by atoms with Gasteiger partial charge < -0.3 is 15.6 Å². The molecule has 0 saturated heterocycles. The van der Waals surface area contributed by atoms with Gasteiger partial charge in [0.15, 0.2) is 0 Å². The van der Waals surface area contributed by atoms with E-state index in [4.69, 9.17) is 15.6 Å². The average molecular weight is 246 g/mol. The summed E-state index contributed by atoms with van der Waals surface area (Å²) in [5.74, 6) is 0.724. The maximum absolute atomic E-state index is 8.89. The maximum Gasteiger partial charge on any atom is 0.133 e. The predicted molar refractivity (Wildman–Crippen MR) is 54.7 cm³/mol. The summed E-state index contributed by atoms with van der Waals surface area (Å²) in [6.45, 7) is -0.0776. The van der Waals surface area contributed by atoms with Crippen molar-refractivity contribution in [3.05, 3.63) is 28.2 Å². The topological polar surface area (TPSA) is 55.5 Å². The van der Waals surface area contributed by atoms with Gasteiger partial charge in [-0.05, 0) is 27.6 Å². The van der Waals surface area contributed by atoms with Gasteiger partial charge in [-0.2, -0.15) is 0 Å². The van der Waals surface area contributed by atoms with E-state index in [1.54, 1.807) is 7.11 Å². The summed E-state index contributed by atoms with van der Waals surface area (Å²) < 4.78 is 5.90. The number of halogens is 1. The molecular formula is C9H12BrNO2. The predicted octanol–water partition coefficient (Wildman–Crippen LogP) is 1.45. The van der Waals surface area contributed by atoms with Gasteiger partial charge >= 0.3 is 0 Å². The standard InChI is InChI=1S/C9H12BrNO2/c1-13-8-4-2-3-6(9(8)10)7(11)5-12/h2-4,7,12H,5,11H2,1H3/t7-/m0/s1. The molecule has 1 aromatic rings. The summed E-state index contributed by atoms with van der Waals surface area (Å²) in [4.78, 5) is 0. The highest BCUT2D eigenvalue weighted by atomic mass is 79.9. The van der Waals surface area contributed by atoms with Gasteiger partial charge in [0.05, 0.1) is 24.2 Å². The fourth-order valence-electron chi connectivity index (χ4n) is 1.07. The first kappa shape index (κ1) is 10.5. The molecule has 0 bridgehead atoms. The van der Waals surface area contributed by atoms with Crippen LogP contribution in [-0.2, 0) is 0 Å². The van der Waals surface area contributed by atoms with Crippen molar-refractivity contribution in [1.82, 2.24) is 0 Å². The minimum atomic E-state index is -0.371. The number of benzene rings is 1. The van der Waals surface area contributed by atoms with Crippen molar-refractivity contribution in [3.63, 3.8) is 0 Å². The molecule has 0 aromatic heterocycles. The molecule has 1 rings (SSSR count). The lowest BCUT2D eigenvalue weighted by molar-refractivity contribution is 0.267. The first-order chi connectivity index (χ1) is 6.20. The second kappa shape index (κ2) is 4.60. The lowest BCUT2D eigenvalue weighted by Crippen LogP contribution is -2.15. The van der Waals surface area contributed by atoms with Crippen molar-refractivity contribution in [2.45, 2.75) is 6.04 Å². The monoisotopic (exact) mass is 245 g/mol. The van der Waals surface area contributed by atoms with E-state index < -0.39 is 0 Å². The van der Waals surface area contributed by atoms with E-state index in [1.807, 2.05) is 18.2 Å². The Morgan fingerprint density at radius 2 is 2.31 bits per heavy atom. The molecule has 0 radical (unpaired) electrons. The van der Waals surface area contributed by atoms with E-state index in [-0.39, 0.29) is 12.6 Å². The summed E-state index contributed by atoms with van der Waals surface area (Å²) in [7, 11) is 1.59. The number of aliphatic hydroxyl groups excluding tert-OH is 1. The van der Waals surface area contributed by atoms with Gasteiger partial charge in [0, 0.05) is 0 Å². The number of methoxy groups -OCH3 is 1. The smallest absolute Gasteiger partial charge is 0.133 e. The number of hydrogen-bond acceptors (Lipinski definition) is 3. The second-order valence-corrected chi connectivity index (χ2v) is 3.45. The van der Waals surface area contributed by atoms with Crippen LogP contribution in [0.15, 0.2) is 22.7 Å². The number of nitrogens with two attached hydrogens (primary N) is 1. The molecule has 0 spiro atoms. The molecule has 3 N–H and O–H groups in total. The molecule has 0 fully saturated rings. The first-order valence-corrected chi connectivity index (χ1v) is 4.68. The van der Waals surface area contributed by atoms with Crippen LogP contribution in [0.4, 0.5) is 0 Å². The molecule has 3 nitrogen and oxygen atoms in total. The third-order valence-corrected chi connectivity index (χ3v) is 2.66. The third kappa shape index (κ3) is 2.21. The van der Waals surface area contributed by atoms with Crippen molar-refractivity contribution in [3.8, 4) is 5.75 Å². The number of rotatable bonds is 3. The molecule has 0 aliphatic carbocycles. The van der Waals surface area contributed by atoms with E-state index >= 15 is 0 Å². The molecule has 72 valence electrons. The Morgan fingerprint density at radius 3 is 2.85 bits per heavy atom. The minimum Gasteiger partial charge on any atom is -0.496 e. The van der Waals surface area contributed by atoms with Crippen molar-refractivity contribution >= 4 is 15.9 Å². The zero-order valence-electron chi connectivity index (χ0n) is 7.33. The van der Waals surface area contributed by atoms with E-state index in [9.17, 15) is 0 Å². The van der Waals surface area contributed by atoms with Gasteiger partial charge in [-0.3, -0.25) is 0 Å². The van der Waals surface area contributed by atoms with Gasteiger partial charge in [-0.25, -0.2) is 0 Å². The third-order valence-electron chi connectivity index (χ3n) is 1.81. The van der Waals surface area contributed by atoms with Gasteiger partial charge in [0.1, 0.15) is 5.75 Å². The molecule has 0 amide bonds. The second-order valence-electron chi connectivity index (χ2n) is 2.65. The van der Waals surface area contributed by atoms with Gasteiger partial charge in [-0.1, -0.05) is 12.1 Å². The van der Waals surface area contributed by atoms with Crippen LogP contribution in [0.5, 0.6) is 5.75 Å². The Morgan fingerprint density at radius 1 is 1.62 bits per heavy atom. The van der Waals surface area contributed by atoms with E-state index in [0.29, 0.717) is 0 Å². The van der Waals surface area contributed by atoms with Crippen LogP contribution in [-0.4, -0.2) is 18.8 Å². The normalized spacial score (nSPS) is 12.6. The Hall–Kier alpha value is -0.580. The molecule has 0 aliphatic heterocycles. The number of ether oxygens (including phenoxy) is 1. The highest BCUT2D eigenvalue weighted by Gasteiger charge is 2.11. The first-order valence-electron chi connectivity index (χ1n) is 3.89. The van der Waals surface area contributed by atoms with Crippen LogP contribution in [0.1, 0.15) is 11.6 Å². The van der Waals surface area contributed by atoms with Gasteiger partial charge in [-0.15, -0.1) is 0 Å². The average Bonchev–Trinajstić information content (AvgIpc) is 2.17. The summed E-state index contributed by atoms with van der Waals surface area (Å²) in [5.41, 5.74) is 6.53. The Bertz CT molecular complexity index is 291. The summed E-state index contributed by atoms with van der Waals surface area (Å²) in [6, 6.07) is 5.16. The lowest BCUT2D eigenvalue weighted by Gasteiger charge is -2.12. The van der Waals surface area contributed by atoms with Crippen LogP contribution in [0.2, 0.25) is 0 Å². The van der Waals surface area contributed by atoms with Gasteiger partial charge in [0.2, 0.25) is 0 Å². The highest BCUT2D eigenvalue weighted by Crippen LogP contribution is 2.31. The summed E-state index contributed by atoms with van der Waals surface area (Å²) >= 11 is 3.37. The van der Waals surface area contributed by atoms with Crippen LogP contribution >= 0.6 is 15.9 Å². The molecule has 1 atom stereocenters. The Kier molecular flexibility index (Phi) is 3.71. The summed E-state index contributed by atoms with van der Waals surface area (Å²) in [6.07, 6.45) is 0. The Labute approximate surface area is 85.6 Å². The van der Waals surface area contributed by atoms with Crippen molar-refractivity contribution in [2.75, 3.05) is 13.7 Å². The Balaban J connectivity index is 3.08. The van der Waals surface area contributed by atoms with Crippen molar-refractivity contribution < 1.29 is 9.84 Å². The van der Waals surface area contributed by atoms with Crippen LogP contribution in [0.3, 0.4) is 0 Å². The van der Waals surface area contributed by atoms with Crippen LogP contribution in [0.25, 0.3) is 0 Å². The van der Waals surface area contributed by atoms with E-state index in [1.165, 1.54) is 0 Å². The quantitative estimate of drug-likeness (QED) is 0.848. The SMILES string of the molecule is COc1cccc([C@@H](N)CO)c1Br. The molecule has 13 heavy (non-hydrogen) atoms.